The molecule has 0 heterocycles. The molecule has 1 amide bonds. The van der Waals surface area contributed by atoms with Crippen molar-refractivity contribution >= 4 is 33.2 Å². The number of hydrogen-bond donors (Lipinski definition) is 1. The molecule has 0 radical (unpaired) electrons. The van der Waals surface area contributed by atoms with E-state index in [1.54, 1.807) is 31.2 Å². The first-order valence-electron chi connectivity index (χ1n) is 8.18. The van der Waals surface area contributed by atoms with E-state index >= 15 is 0 Å². The molecule has 6 nitrogen and oxygen atoms in total. The van der Waals surface area contributed by atoms with Crippen LogP contribution in [0.4, 0.5) is 10.1 Å². The number of benzene rings is 2. The summed E-state index contributed by atoms with van der Waals surface area (Å²) in [5.74, 6) is -1.17. The fraction of sp³-hybridized carbons (Fsp3) is 0.278. The Bertz CT molecular complexity index is 921. The van der Waals surface area contributed by atoms with E-state index in [1.165, 1.54) is 19.2 Å². The number of ether oxygens (including phenoxy) is 1. The second-order valence-electron chi connectivity index (χ2n) is 5.64. The summed E-state index contributed by atoms with van der Waals surface area (Å²) in [6.07, 6.45) is 0.448. The summed E-state index contributed by atoms with van der Waals surface area (Å²) in [7, 11) is -2.78. The van der Waals surface area contributed by atoms with Crippen molar-refractivity contribution in [3.05, 3.63) is 53.3 Å². The van der Waals surface area contributed by atoms with Gasteiger partial charge in [-0.1, -0.05) is 36.7 Å². The molecule has 9 heteroatoms. The molecule has 0 spiro atoms. The molecule has 146 valence electrons. The van der Waals surface area contributed by atoms with Gasteiger partial charge < -0.3 is 10.1 Å². The van der Waals surface area contributed by atoms with Crippen molar-refractivity contribution in [3.63, 3.8) is 0 Å². The number of amides is 1. The molecule has 0 fully saturated rings. The Morgan fingerprint density at radius 3 is 2.59 bits per heavy atom. The van der Waals surface area contributed by atoms with Gasteiger partial charge in [0.2, 0.25) is 15.9 Å². The summed E-state index contributed by atoms with van der Waals surface area (Å²) in [6.45, 7) is 1.34. The van der Waals surface area contributed by atoms with E-state index in [9.17, 15) is 17.6 Å². The van der Waals surface area contributed by atoms with Crippen LogP contribution in [0.2, 0.25) is 5.02 Å². The zero-order valence-corrected chi connectivity index (χ0v) is 16.5. The molecule has 0 bridgehead atoms. The van der Waals surface area contributed by atoms with Crippen LogP contribution < -0.4 is 10.1 Å². The van der Waals surface area contributed by atoms with Gasteiger partial charge in [-0.15, -0.1) is 0 Å². The molecule has 0 unspecified atom stereocenters. The smallest absolute Gasteiger partial charge is 0.246 e. The topological polar surface area (TPSA) is 75.7 Å². The van der Waals surface area contributed by atoms with Gasteiger partial charge in [-0.05, 0) is 30.7 Å². The van der Waals surface area contributed by atoms with E-state index in [-0.39, 0.29) is 11.6 Å². The summed E-state index contributed by atoms with van der Waals surface area (Å²) in [4.78, 5) is 11.8. The number of anilines is 1. The molecule has 0 saturated heterocycles. The zero-order chi connectivity index (χ0) is 20.0. The van der Waals surface area contributed by atoms with Crippen molar-refractivity contribution in [1.29, 1.82) is 0 Å². The Labute approximate surface area is 162 Å². The van der Waals surface area contributed by atoms with Crippen molar-refractivity contribution in [2.45, 2.75) is 18.2 Å². The quantitative estimate of drug-likeness (QED) is 0.717. The lowest BCUT2D eigenvalue weighted by molar-refractivity contribution is -0.116. The Morgan fingerprint density at radius 2 is 1.93 bits per heavy atom. The van der Waals surface area contributed by atoms with Crippen LogP contribution in [-0.4, -0.2) is 38.8 Å². The van der Waals surface area contributed by atoms with Gasteiger partial charge in [-0.3, -0.25) is 4.79 Å². The van der Waals surface area contributed by atoms with E-state index in [0.717, 1.165) is 10.4 Å². The van der Waals surface area contributed by atoms with Gasteiger partial charge in [0.1, 0.15) is 10.6 Å². The number of methoxy groups -OCH3 is 1. The SMILES string of the molecule is CCCN(CC(=O)Nc1ccccc1OC)S(=O)(=O)c1cccc(Cl)c1F. The largest absolute Gasteiger partial charge is 0.495 e. The maximum absolute atomic E-state index is 14.2. The third kappa shape index (κ3) is 4.97. The number of hydrogen-bond acceptors (Lipinski definition) is 4. The van der Waals surface area contributed by atoms with Gasteiger partial charge >= 0.3 is 0 Å². The second-order valence-corrected chi connectivity index (χ2v) is 7.95. The number of nitrogens with zero attached hydrogens (tertiary/aromatic N) is 1. The number of carbonyl (C=O) groups excluding carboxylic acids is 1. The zero-order valence-electron chi connectivity index (χ0n) is 14.9. The van der Waals surface area contributed by atoms with E-state index in [0.29, 0.717) is 17.9 Å². The molecular formula is C18H20ClFN2O4S. The molecule has 0 aliphatic heterocycles. The number of halogens is 2. The fourth-order valence-corrected chi connectivity index (χ4v) is 4.26. The monoisotopic (exact) mass is 414 g/mol. The molecule has 2 aromatic rings. The number of nitrogens with one attached hydrogen (secondary N) is 1. The van der Waals surface area contributed by atoms with Gasteiger partial charge in [-0.25, -0.2) is 12.8 Å². The Hall–Kier alpha value is -2.16. The standard InChI is InChI=1S/C18H20ClFN2O4S/c1-3-11-22(27(24,25)16-10-6-7-13(19)18(16)20)12-17(23)21-14-8-4-5-9-15(14)26-2/h4-10H,3,11-12H2,1-2H3,(H,21,23). The number of rotatable bonds is 8. The molecule has 0 saturated carbocycles. The lowest BCUT2D eigenvalue weighted by Gasteiger charge is -2.22. The van der Waals surface area contributed by atoms with Crippen LogP contribution in [0.5, 0.6) is 5.75 Å². The Kier molecular flexibility index (Phi) is 7.18. The van der Waals surface area contributed by atoms with Crippen LogP contribution in [0.15, 0.2) is 47.4 Å². The van der Waals surface area contributed by atoms with E-state index < -0.39 is 33.2 Å². The Balaban J connectivity index is 2.26. The molecule has 0 aliphatic rings. The third-order valence-corrected chi connectivity index (χ3v) is 5.86. The molecule has 0 aliphatic carbocycles. The number of carbonyl (C=O) groups is 1. The van der Waals surface area contributed by atoms with E-state index in [1.807, 2.05) is 0 Å². The highest BCUT2D eigenvalue weighted by molar-refractivity contribution is 7.89. The molecule has 0 atom stereocenters. The molecule has 2 aromatic carbocycles. The van der Waals surface area contributed by atoms with Crippen LogP contribution in [-0.2, 0) is 14.8 Å². The lowest BCUT2D eigenvalue weighted by Crippen LogP contribution is -2.38. The van der Waals surface area contributed by atoms with Crippen LogP contribution in [0.1, 0.15) is 13.3 Å². The van der Waals surface area contributed by atoms with Gasteiger partial charge in [0.15, 0.2) is 5.82 Å². The predicted octanol–water partition coefficient (Wildman–Crippen LogP) is 3.53. The van der Waals surface area contributed by atoms with Gasteiger partial charge in [-0.2, -0.15) is 4.31 Å². The molecule has 0 aromatic heterocycles. The summed E-state index contributed by atoms with van der Waals surface area (Å²) in [5, 5.41) is 2.31. The minimum Gasteiger partial charge on any atom is -0.495 e. The van der Waals surface area contributed by atoms with Crippen molar-refractivity contribution in [2.24, 2.45) is 0 Å². The number of para-hydroxylation sites is 2. The van der Waals surface area contributed by atoms with Crippen LogP contribution in [0, 0.1) is 5.82 Å². The molecular weight excluding hydrogens is 395 g/mol. The highest BCUT2D eigenvalue weighted by Gasteiger charge is 2.29. The van der Waals surface area contributed by atoms with Gasteiger partial charge in [0.05, 0.1) is 24.4 Å². The summed E-state index contributed by atoms with van der Waals surface area (Å²) < 4.78 is 46.0. The maximum atomic E-state index is 14.2. The summed E-state index contributed by atoms with van der Waals surface area (Å²) in [6, 6.07) is 10.5. The average Bonchev–Trinajstić information content (AvgIpc) is 2.64. The maximum Gasteiger partial charge on any atom is 0.246 e. The first kappa shape index (κ1) is 21.1. The fourth-order valence-electron chi connectivity index (χ4n) is 2.45. The average molecular weight is 415 g/mol. The first-order valence-corrected chi connectivity index (χ1v) is 10.00. The second kappa shape index (κ2) is 9.16. The normalized spacial score (nSPS) is 11.4. The summed E-state index contributed by atoms with van der Waals surface area (Å²) >= 11 is 5.70. The van der Waals surface area contributed by atoms with Gasteiger partial charge in [0.25, 0.3) is 0 Å². The molecule has 2 rings (SSSR count). The Morgan fingerprint density at radius 1 is 1.22 bits per heavy atom. The molecule has 1 N–H and O–H groups in total. The van der Waals surface area contributed by atoms with Crippen LogP contribution in [0.25, 0.3) is 0 Å². The summed E-state index contributed by atoms with van der Waals surface area (Å²) in [5.41, 5.74) is 0.410. The van der Waals surface area contributed by atoms with Crippen molar-refractivity contribution in [1.82, 2.24) is 4.31 Å². The lowest BCUT2D eigenvalue weighted by atomic mass is 10.3. The predicted molar refractivity (Wildman–Crippen MR) is 102 cm³/mol. The van der Waals surface area contributed by atoms with Crippen LogP contribution in [0.3, 0.4) is 0 Å². The van der Waals surface area contributed by atoms with Gasteiger partial charge in [0, 0.05) is 6.54 Å². The van der Waals surface area contributed by atoms with Crippen molar-refractivity contribution in [2.75, 3.05) is 25.5 Å². The third-order valence-electron chi connectivity index (χ3n) is 3.71. The first-order chi connectivity index (χ1) is 12.8. The van der Waals surface area contributed by atoms with Crippen molar-refractivity contribution in [3.8, 4) is 5.75 Å². The minimum absolute atomic E-state index is 0.0492. The highest BCUT2D eigenvalue weighted by atomic mass is 35.5. The van der Waals surface area contributed by atoms with E-state index in [4.69, 9.17) is 16.3 Å². The van der Waals surface area contributed by atoms with Crippen molar-refractivity contribution < 1.29 is 22.3 Å². The van der Waals surface area contributed by atoms with Crippen LogP contribution >= 0.6 is 11.6 Å². The highest BCUT2D eigenvalue weighted by Crippen LogP contribution is 2.26. The molecule has 27 heavy (non-hydrogen) atoms. The van der Waals surface area contributed by atoms with E-state index in [2.05, 4.69) is 5.32 Å². The number of sulfonamides is 1. The minimum atomic E-state index is -4.24.